The van der Waals surface area contributed by atoms with Crippen molar-refractivity contribution in [2.75, 3.05) is 25.6 Å². The van der Waals surface area contributed by atoms with Crippen LogP contribution in [0.4, 0.5) is 10.5 Å². The van der Waals surface area contributed by atoms with Crippen LogP contribution in [0.2, 0.25) is 0 Å². The summed E-state index contributed by atoms with van der Waals surface area (Å²) in [6.07, 6.45) is 0. The molecule has 0 aromatic heterocycles. The van der Waals surface area contributed by atoms with Crippen molar-refractivity contribution in [1.29, 1.82) is 0 Å². The van der Waals surface area contributed by atoms with Crippen molar-refractivity contribution >= 4 is 11.7 Å². The Morgan fingerprint density at radius 2 is 2.11 bits per heavy atom. The average Bonchev–Trinajstić information content (AvgIpc) is 2.31. The summed E-state index contributed by atoms with van der Waals surface area (Å²) in [5.41, 5.74) is 3.13. The fourth-order valence-corrected chi connectivity index (χ4v) is 1.77. The Hall–Kier alpha value is -1.55. The molecule has 0 radical (unpaired) electrons. The van der Waals surface area contributed by atoms with Crippen molar-refractivity contribution in [1.82, 2.24) is 5.32 Å². The number of urea groups is 1. The lowest BCUT2D eigenvalue weighted by molar-refractivity contribution is 0.198. The third-order valence-electron chi connectivity index (χ3n) is 2.76. The maximum absolute atomic E-state index is 11.7. The van der Waals surface area contributed by atoms with Crippen LogP contribution in [0.25, 0.3) is 0 Å². The van der Waals surface area contributed by atoms with Crippen LogP contribution in [-0.4, -0.2) is 26.3 Å². The topological polar surface area (TPSA) is 50.4 Å². The lowest BCUT2D eigenvalue weighted by atomic mass is 9.98. The van der Waals surface area contributed by atoms with Gasteiger partial charge in [0.05, 0.1) is 6.61 Å². The molecule has 0 atom stereocenters. The van der Waals surface area contributed by atoms with Crippen LogP contribution in [0.15, 0.2) is 18.2 Å². The number of benzene rings is 1. The first-order valence-corrected chi connectivity index (χ1v) is 6.19. The normalized spacial score (nSPS) is 10.5. The average molecular weight is 250 g/mol. The number of hydrogen-bond acceptors (Lipinski definition) is 2. The maximum Gasteiger partial charge on any atom is 0.319 e. The molecular formula is C14H22N2O2. The third-order valence-corrected chi connectivity index (χ3v) is 2.76. The van der Waals surface area contributed by atoms with Crippen LogP contribution in [0, 0.1) is 6.92 Å². The maximum atomic E-state index is 11.7. The largest absolute Gasteiger partial charge is 0.383 e. The molecule has 100 valence electrons. The fraction of sp³-hybridized carbons (Fsp3) is 0.500. The molecule has 0 fully saturated rings. The summed E-state index contributed by atoms with van der Waals surface area (Å²) in [6, 6.07) is 5.86. The van der Waals surface area contributed by atoms with Gasteiger partial charge in [0.25, 0.3) is 0 Å². The minimum atomic E-state index is -0.191. The number of aryl methyl sites for hydroxylation is 1. The van der Waals surface area contributed by atoms with Gasteiger partial charge in [-0.25, -0.2) is 4.79 Å². The molecule has 2 amide bonds. The molecule has 0 heterocycles. The number of para-hydroxylation sites is 1. The van der Waals surface area contributed by atoms with Crippen molar-refractivity contribution in [2.24, 2.45) is 0 Å². The number of anilines is 1. The highest BCUT2D eigenvalue weighted by Gasteiger charge is 2.11. The van der Waals surface area contributed by atoms with Crippen molar-refractivity contribution in [2.45, 2.75) is 26.7 Å². The Morgan fingerprint density at radius 1 is 1.39 bits per heavy atom. The van der Waals surface area contributed by atoms with Crippen LogP contribution in [0.5, 0.6) is 0 Å². The van der Waals surface area contributed by atoms with Crippen LogP contribution >= 0.6 is 0 Å². The van der Waals surface area contributed by atoms with Gasteiger partial charge in [-0.1, -0.05) is 32.0 Å². The van der Waals surface area contributed by atoms with E-state index in [1.807, 2.05) is 25.1 Å². The minimum Gasteiger partial charge on any atom is -0.383 e. The molecule has 0 bridgehead atoms. The molecule has 0 spiro atoms. The molecule has 0 unspecified atom stereocenters. The zero-order valence-corrected chi connectivity index (χ0v) is 11.5. The van der Waals surface area contributed by atoms with E-state index in [1.165, 1.54) is 0 Å². The van der Waals surface area contributed by atoms with E-state index in [2.05, 4.69) is 24.5 Å². The van der Waals surface area contributed by atoms with Crippen LogP contribution in [0.3, 0.4) is 0 Å². The second-order valence-corrected chi connectivity index (χ2v) is 4.57. The summed E-state index contributed by atoms with van der Waals surface area (Å²) < 4.78 is 4.89. The Labute approximate surface area is 109 Å². The highest BCUT2D eigenvalue weighted by Crippen LogP contribution is 2.27. The molecule has 1 aromatic carbocycles. The SMILES string of the molecule is COCCNC(=O)Nc1c(C)cccc1C(C)C. The number of carbonyl (C=O) groups excluding carboxylic acids is 1. The van der Waals surface area contributed by atoms with Gasteiger partial charge in [-0.05, 0) is 24.0 Å². The second kappa shape index (κ2) is 7.01. The van der Waals surface area contributed by atoms with E-state index in [9.17, 15) is 4.79 Å². The molecule has 2 N–H and O–H groups in total. The molecule has 0 aliphatic carbocycles. The van der Waals surface area contributed by atoms with Crippen LogP contribution in [-0.2, 0) is 4.74 Å². The van der Waals surface area contributed by atoms with Gasteiger partial charge in [0.15, 0.2) is 0 Å². The van der Waals surface area contributed by atoms with Crippen molar-refractivity contribution in [3.8, 4) is 0 Å². The van der Waals surface area contributed by atoms with Crippen molar-refractivity contribution in [3.63, 3.8) is 0 Å². The van der Waals surface area contributed by atoms with Gasteiger partial charge in [0.2, 0.25) is 0 Å². The number of hydrogen-bond donors (Lipinski definition) is 2. The summed E-state index contributed by atoms with van der Waals surface area (Å²) in [6.45, 7) is 7.24. The van der Waals surface area contributed by atoms with Gasteiger partial charge in [-0.3, -0.25) is 0 Å². The number of nitrogens with one attached hydrogen (secondary N) is 2. The van der Waals surface area contributed by atoms with Crippen LogP contribution < -0.4 is 10.6 Å². The number of ether oxygens (including phenoxy) is 1. The standard InChI is InChI=1S/C14H22N2O2/c1-10(2)12-7-5-6-11(3)13(12)16-14(17)15-8-9-18-4/h5-7,10H,8-9H2,1-4H3,(H2,15,16,17). The molecule has 0 aliphatic rings. The summed E-state index contributed by atoms with van der Waals surface area (Å²) in [7, 11) is 1.61. The lowest BCUT2D eigenvalue weighted by Gasteiger charge is -2.16. The Kier molecular flexibility index (Phi) is 5.65. The van der Waals surface area contributed by atoms with Gasteiger partial charge in [0.1, 0.15) is 0 Å². The van der Waals surface area contributed by atoms with Gasteiger partial charge in [-0.2, -0.15) is 0 Å². The monoisotopic (exact) mass is 250 g/mol. The van der Waals surface area contributed by atoms with Gasteiger partial charge in [0, 0.05) is 19.3 Å². The molecule has 0 aliphatic heterocycles. The fourth-order valence-electron chi connectivity index (χ4n) is 1.77. The Balaban J connectivity index is 2.74. The predicted molar refractivity (Wildman–Crippen MR) is 74.2 cm³/mol. The highest BCUT2D eigenvalue weighted by atomic mass is 16.5. The zero-order chi connectivity index (χ0) is 13.5. The molecule has 0 saturated heterocycles. The molecule has 1 rings (SSSR count). The summed E-state index contributed by atoms with van der Waals surface area (Å²) in [5.74, 6) is 0.374. The molecule has 1 aromatic rings. The zero-order valence-electron chi connectivity index (χ0n) is 11.5. The lowest BCUT2D eigenvalue weighted by Crippen LogP contribution is -2.32. The quantitative estimate of drug-likeness (QED) is 0.789. The van der Waals surface area contributed by atoms with E-state index in [1.54, 1.807) is 7.11 Å². The van der Waals surface area contributed by atoms with E-state index in [-0.39, 0.29) is 6.03 Å². The smallest absolute Gasteiger partial charge is 0.319 e. The van der Waals surface area contributed by atoms with Gasteiger partial charge >= 0.3 is 6.03 Å². The first-order chi connectivity index (χ1) is 8.56. The number of amides is 2. The van der Waals surface area contributed by atoms with Crippen molar-refractivity contribution < 1.29 is 9.53 Å². The molecule has 0 saturated carbocycles. The van der Waals surface area contributed by atoms with Gasteiger partial charge < -0.3 is 15.4 Å². The Bertz CT molecular complexity index is 403. The molecule has 18 heavy (non-hydrogen) atoms. The number of carbonyl (C=O) groups is 1. The van der Waals surface area contributed by atoms with Crippen LogP contribution in [0.1, 0.15) is 30.9 Å². The van der Waals surface area contributed by atoms with E-state index in [4.69, 9.17) is 4.74 Å². The summed E-state index contributed by atoms with van der Waals surface area (Å²) in [5, 5.41) is 5.66. The minimum absolute atomic E-state index is 0.191. The second-order valence-electron chi connectivity index (χ2n) is 4.57. The first-order valence-electron chi connectivity index (χ1n) is 6.19. The predicted octanol–water partition coefficient (Wildman–Crippen LogP) is 2.89. The summed E-state index contributed by atoms with van der Waals surface area (Å²) in [4.78, 5) is 11.7. The molecule has 4 heteroatoms. The highest BCUT2D eigenvalue weighted by molar-refractivity contribution is 5.91. The van der Waals surface area contributed by atoms with Crippen molar-refractivity contribution in [3.05, 3.63) is 29.3 Å². The van der Waals surface area contributed by atoms with E-state index < -0.39 is 0 Å². The summed E-state index contributed by atoms with van der Waals surface area (Å²) >= 11 is 0. The first kappa shape index (κ1) is 14.5. The van der Waals surface area contributed by atoms with E-state index >= 15 is 0 Å². The van der Waals surface area contributed by atoms with E-state index in [0.29, 0.717) is 19.1 Å². The molecular weight excluding hydrogens is 228 g/mol. The van der Waals surface area contributed by atoms with Gasteiger partial charge in [-0.15, -0.1) is 0 Å². The number of methoxy groups -OCH3 is 1. The third kappa shape index (κ3) is 4.04. The van der Waals surface area contributed by atoms with E-state index in [0.717, 1.165) is 16.8 Å². The molecule has 4 nitrogen and oxygen atoms in total. The Morgan fingerprint density at radius 3 is 2.72 bits per heavy atom. The number of rotatable bonds is 5.